The fraction of sp³-hybridized carbons (Fsp3) is 0.160. The maximum Gasteiger partial charge on any atom is 0.416 e. The van der Waals surface area contributed by atoms with Gasteiger partial charge in [-0.2, -0.15) is 26.3 Å². The van der Waals surface area contributed by atoms with E-state index in [0.717, 1.165) is 24.3 Å². The Morgan fingerprint density at radius 2 is 1.71 bits per heavy atom. The number of alkyl halides is 6. The molecule has 0 saturated carbocycles. The largest absolute Gasteiger partial charge is 0.416 e. The van der Waals surface area contributed by atoms with Crippen molar-refractivity contribution in [3.05, 3.63) is 88.2 Å². The molecule has 0 atom stereocenters. The van der Waals surface area contributed by atoms with Crippen molar-refractivity contribution in [2.45, 2.75) is 25.5 Å². The van der Waals surface area contributed by atoms with Crippen molar-refractivity contribution in [1.82, 2.24) is 14.5 Å². The van der Waals surface area contributed by atoms with Crippen LogP contribution in [0.25, 0.3) is 21.3 Å². The maximum atomic E-state index is 13.4. The fourth-order valence-corrected chi connectivity index (χ4v) is 4.76. The molecule has 0 saturated heterocycles. The second-order valence-electron chi connectivity index (χ2n) is 8.35. The summed E-state index contributed by atoms with van der Waals surface area (Å²) in [4.78, 5) is 22.2. The Hall–Kier alpha value is -3.97. The molecule has 0 aliphatic carbocycles. The standard InChI is InChI=1S/C25H16F6N4O2S/c26-24(27,28)15-3-1-2-13(6-15)11-35-19-8-16(25(29,30)31)5-4-14(19)7-20(35)22(37)33-17-9-18-23(32-10-17)38-21(12-36)34-18/h1-10,36H,11-12H2,(H,33,37). The van der Waals surface area contributed by atoms with Gasteiger partial charge in [-0.3, -0.25) is 4.79 Å². The number of nitrogens with one attached hydrogen (secondary N) is 1. The zero-order valence-corrected chi connectivity index (χ0v) is 19.9. The molecule has 0 fully saturated rings. The smallest absolute Gasteiger partial charge is 0.389 e. The molecule has 0 radical (unpaired) electrons. The number of fused-ring (bicyclic) bond motifs is 2. The van der Waals surface area contributed by atoms with Crippen molar-refractivity contribution in [1.29, 1.82) is 0 Å². The number of hydrogen-bond acceptors (Lipinski definition) is 5. The summed E-state index contributed by atoms with van der Waals surface area (Å²) in [5, 5.41) is 12.6. The van der Waals surface area contributed by atoms with Crippen LogP contribution in [-0.4, -0.2) is 25.5 Å². The second-order valence-corrected chi connectivity index (χ2v) is 9.42. The summed E-state index contributed by atoms with van der Waals surface area (Å²) in [5.41, 5.74) is -1.10. The molecule has 6 nitrogen and oxygen atoms in total. The zero-order valence-electron chi connectivity index (χ0n) is 19.1. The minimum absolute atomic E-state index is 0.0306. The molecule has 0 aliphatic rings. The van der Waals surface area contributed by atoms with Gasteiger partial charge >= 0.3 is 12.4 Å². The van der Waals surface area contributed by atoms with E-state index in [9.17, 15) is 36.2 Å². The molecule has 13 heteroatoms. The number of aromatic nitrogens is 3. The van der Waals surface area contributed by atoms with Gasteiger partial charge in [-0.05, 0) is 42.0 Å². The number of amides is 1. The van der Waals surface area contributed by atoms with Crippen LogP contribution in [0.4, 0.5) is 32.0 Å². The predicted molar refractivity (Wildman–Crippen MR) is 129 cm³/mol. The minimum atomic E-state index is -4.66. The van der Waals surface area contributed by atoms with Crippen LogP contribution in [0.15, 0.2) is 60.8 Å². The first-order chi connectivity index (χ1) is 17.9. The van der Waals surface area contributed by atoms with Gasteiger partial charge in [0.15, 0.2) is 0 Å². The lowest BCUT2D eigenvalue weighted by Gasteiger charge is -2.14. The highest BCUT2D eigenvalue weighted by Crippen LogP contribution is 2.34. The first kappa shape index (κ1) is 25.7. The summed E-state index contributed by atoms with van der Waals surface area (Å²) in [6.07, 6.45) is -7.92. The molecule has 2 N–H and O–H groups in total. The number of carbonyl (C=O) groups excluding carboxylic acids is 1. The number of hydrogen-bond donors (Lipinski definition) is 2. The van der Waals surface area contributed by atoms with Crippen molar-refractivity contribution in [2.24, 2.45) is 0 Å². The zero-order chi connectivity index (χ0) is 27.2. The van der Waals surface area contributed by atoms with E-state index < -0.39 is 29.4 Å². The van der Waals surface area contributed by atoms with Crippen LogP contribution < -0.4 is 5.32 Å². The van der Waals surface area contributed by atoms with Gasteiger partial charge in [0.1, 0.15) is 21.0 Å². The number of benzene rings is 2. The van der Waals surface area contributed by atoms with E-state index in [4.69, 9.17) is 0 Å². The van der Waals surface area contributed by atoms with Crippen LogP contribution in [0.2, 0.25) is 0 Å². The number of carbonyl (C=O) groups is 1. The van der Waals surface area contributed by atoms with E-state index >= 15 is 0 Å². The van der Waals surface area contributed by atoms with Crippen molar-refractivity contribution in [3.8, 4) is 0 Å². The monoisotopic (exact) mass is 550 g/mol. The summed E-state index contributed by atoms with van der Waals surface area (Å²) in [7, 11) is 0. The second kappa shape index (κ2) is 9.40. The van der Waals surface area contributed by atoms with Gasteiger partial charge in [-0.25, -0.2) is 9.97 Å². The first-order valence-corrected chi connectivity index (χ1v) is 11.8. The molecular formula is C25H16F6N4O2S. The lowest BCUT2D eigenvalue weighted by molar-refractivity contribution is -0.138. The third-order valence-corrected chi connectivity index (χ3v) is 6.71. The highest BCUT2D eigenvalue weighted by Gasteiger charge is 2.32. The highest BCUT2D eigenvalue weighted by molar-refractivity contribution is 7.18. The van der Waals surface area contributed by atoms with Crippen LogP contribution in [0.1, 0.15) is 32.2 Å². The van der Waals surface area contributed by atoms with E-state index in [2.05, 4.69) is 15.3 Å². The summed E-state index contributed by atoms with van der Waals surface area (Å²) in [5.74, 6) is -0.708. The van der Waals surface area contributed by atoms with Gasteiger partial charge in [-0.1, -0.05) is 29.5 Å². The molecule has 0 spiro atoms. The van der Waals surface area contributed by atoms with Crippen molar-refractivity contribution in [2.75, 3.05) is 5.32 Å². The lowest BCUT2D eigenvalue weighted by Crippen LogP contribution is -2.18. The molecule has 0 aliphatic heterocycles. The molecule has 5 rings (SSSR count). The Bertz CT molecular complexity index is 1670. The number of aliphatic hydroxyl groups excluding tert-OH is 1. The molecule has 38 heavy (non-hydrogen) atoms. The lowest BCUT2D eigenvalue weighted by atomic mass is 10.1. The Morgan fingerprint density at radius 3 is 2.42 bits per heavy atom. The van der Waals surface area contributed by atoms with Crippen molar-refractivity contribution in [3.63, 3.8) is 0 Å². The Balaban J connectivity index is 1.57. The summed E-state index contributed by atoms with van der Waals surface area (Å²) in [6, 6.07) is 10.2. The van der Waals surface area contributed by atoms with Crippen molar-refractivity contribution < 1.29 is 36.2 Å². The molecule has 0 unspecified atom stereocenters. The average Bonchev–Trinajstić information content (AvgIpc) is 3.44. The van der Waals surface area contributed by atoms with Crippen LogP contribution in [0.3, 0.4) is 0 Å². The Morgan fingerprint density at radius 1 is 0.974 bits per heavy atom. The number of aliphatic hydroxyl groups is 1. The van der Waals surface area contributed by atoms with Crippen LogP contribution in [-0.2, 0) is 25.5 Å². The molecule has 196 valence electrons. The SMILES string of the molecule is O=C(Nc1cnc2sc(CO)nc2c1)c1cc2ccc(C(F)(F)F)cc2n1Cc1cccc(C(F)(F)F)c1. The van der Waals surface area contributed by atoms with Gasteiger partial charge in [0.2, 0.25) is 0 Å². The third kappa shape index (κ3) is 5.07. The van der Waals surface area contributed by atoms with Gasteiger partial charge in [0, 0.05) is 17.4 Å². The Labute approximate surface area is 214 Å². The van der Waals surface area contributed by atoms with Gasteiger partial charge < -0.3 is 15.0 Å². The van der Waals surface area contributed by atoms with Crippen LogP contribution in [0.5, 0.6) is 0 Å². The molecular weight excluding hydrogens is 534 g/mol. The minimum Gasteiger partial charge on any atom is -0.389 e. The van der Waals surface area contributed by atoms with Gasteiger partial charge in [0.05, 0.1) is 29.6 Å². The molecule has 0 bridgehead atoms. The first-order valence-electron chi connectivity index (χ1n) is 11.0. The number of pyridine rings is 1. The Kier molecular flexibility index (Phi) is 6.35. The maximum absolute atomic E-state index is 13.4. The van der Waals surface area contributed by atoms with E-state index in [1.165, 1.54) is 52.4 Å². The average molecular weight is 550 g/mol. The topological polar surface area (TPSA) is 80.0 Å². The van der Waals surface area contributed by atoms with E-state index in [1.54, 1.807) is 0 Å². The summed E-state index contributed by atoms with van der Waals surface area (Å²) < 4.78 is 81.3. The molecule has 1 amide bonds. The third-order valence-electron chi connectivity index (χ3n) is 5.74. The van der Waals surface area contributed by atoms with Crippen LogP contribution >= 0.6 is 11.3 Å². The molecule has 2 aromatic carbocycles. The van der Waals surface area contributed by atoms with E-state index in [-0.39, 0.29) is 35.6 Å². The summed E-state index contributed by atoms with van der Waals surface area (Å²) in [6.45, 7) is -0.570. The number of anilines is 1. The predicted octanol–water partition coefficient (Wildman–Crippen LogP) is 6.48. The number of halogens is 6. The fourth-order valence-electron chi connectivity index (χ4n) is 4.02. The quantitative estimate of drug-likeness (QED) is 0.246. The number of rotatable bonds is 5. The van der Waals surface area contributed by atoms with Gasteiger partial charge in [-0.15, -0.1) is 0 Å². The molecule has 3 aromatic heterocycles. The molecule has 3 heterocycles. The summed E-state index contributed by atoms with van der Waals surface area (Å²) >= 11 is 1.17. The number of nitrogens with zero attached hydrogens (tertiary/aromatic N) is 3. The van der Waals surface area contributed by atoms with E-state index in [1.807, 2.05) is 0 Å². The van der Waals surface area contributed by atoms with Gasteiger partial charge in [0.25, 0.3) is 5.91 Å². The number of thiazole rings is 1. The molecule has 5 aromatic rings. The van der Waals surface area contributed by atoms with Crippen LogP contribution in [0, 0.1) is 0 Å². The van der Waals surface area contributed by atoms with E-state index in [0.29, 0.717) is 20.7 Å². The van der Waals surface area contributed by atoms with Crippen molar-refractivity contribution >= 4 is 44.2 Å². The normalized spacial score (nSPS) is 12.4. The highest BCUT2D eigenvalue weighted by atomic mass is 32.1.